The molecule has 6 nitrogen and oxygen atoms in total. The quantitative estimate of drug-likeness (QED) is 0.632. The Labute approximate surface area is 141 Å². The summed E-state index contributed by atoms with van der Waals surface area (Å²) >= 11 is 0. The molecule has 0 aliphatic heterocycles. The number of amides is 3. The highest BCUT2D eigenvalue weighted by Crippen LogP contribution is 2.23. The highest BCUT2D eigenvalue weighted by molar-refractivity contribution is 5.84. The molecule has 0 aliphatic rings. The molecule has 0 heterocycles. The number of nitrogens with one attached hydrogen (secondary N) is 3. The number of hydrazine groups is 1. The van der Waals surface area contributed by atoms with Crippen LogP contribution in [0.1, 0.15) is 18.9 Å². The second kappa shape index (κ2) is 8.69. The maximum atomic E-state index is 11.8. The van der Waals surface area contributed by atoms with Crippen LogP contribution in [0.3, 0.4) is 0 Å². The van der Waals surface area contributed by atoms with Gasteiger partial charge in [0.2, 0.25) is 0 Å². The molecule has 0 aromatic heterocycles. The Bertz CT molecular complexity index is 688. The van der Waals surface area contributed by atoms with E-state index in [4.69, 9.17) is 5.73 Å². The standard InChI is InChI=1S/C18H22N4O2/c1-2-16(19)17(23)21-22-18(24)20-12-14-10-6-7-11-15(14)13-8-4-3-5-9-13/h3-11,16H,2,12,19H2,1H3,(H,21,23)(H2,20,22,24). The van der Waals surface area contributed by atoms with Gasteiger partial charge in [0.15, 0.2) is 0 Å². The minimum Gasteiger partial charge on any atom is -0.333 e. The zero-order valence-corrected chi connectivity index (χ0v) is 13.6. The monoisotopic (exact) mass is 326 g/mol. The number of rotatable bonds is 5. The average Bonchev–Trinajstić information content (AvgIpc) is 2.64. The molecule has 6 heteroatoms. The van der Waals surface area contributed by atoms with Crippen molar-refractivity contribution in [2.45, 2.75) is 25.9 Å². The van der Waals surface area contributed by atoms with Gasteiger partial charge in [-0.1, -0.05) is 61.5 Å². The van der Waals surface area contributed by atoms with Gasteiger partial charge in [-0.3, -0.25) is 10.2 Å². The van der Waals surface area contributed by atoms with Crippen molar-refractivity contribution in [1.29, 1.82) is 0 Å². The number of hydrogen-bond acceptors (Lipinski definition) is 3. The SMILES string of the molecule is CCC(N)C(=O)NNC(=O)NCc1ccccc1-c1ccccc1. The van der Waals surface area contributed by atoms with Crippen LogP contribution in [0.25, 0.3) is 11.1 Å². The molecule has 0 bridgehead atoms. The molecule has 24 heavy (non-hydrogen) atoms. The lowest BCUT2D eigenvalue weighted by molar-refractivity contribution is -0.123. The number of benzene rings is 2. The predicted octanol–water partition coefficient (Wildman–Crippen LogP) is 1.92. The Hall–Kier alpha value is -2.86. The first kappa shape index (κ1) is 17.5. The Morgan fingerprint density at radius 3 is 2.38 bits per heavy atom. The largest absolute Gasteiger partial charge is 0.333 e. The summed E-state index contributed by atoms with van der Waals surface area (Å²) in [4.78, 5) is 23.3. The van der Waals surface area contributed by atoms with E-state index >= 15 is 0 Å². The zero-order valence-electron chi connectivity index (χ0n) is 13.6. The predicted molar refractivity (Wildman–Crippen MR) is 93.7 cm³/mol. The van der Waals surface area contributed by atoms with E-state index < -0.39 is 18.0 Å². The van der Waals surface area contributed by atoms with Crippen LogP contribution >= 0.6 is 0 Å². The Kier molecular flexibility index (Phi) is 6.33. The van der Waals surface area contributed by atoms with Crippen molar-refractivity contribution in [3.63, 3.8) is 0 Å². The number of urea groups is 1. The van der Waals surface area contributed by atoms with Gasteiger partial charge in [-0.15, -0.1) is 0 Å². The number of hydrogen-bond donors (Lipinski definition) is 4. The third-order valence-corrected chi connectivity index (χ3v) is 3.62. The van der Waals surface area contributed by atoms with Crippen LogP contribution in [-0.2, 0) is 11.3 Å². The molecule has 0 aliphatic carbocycles. The van der Waals surface area contributed by atoms with Gasteiger partial charge in [0.25, 0.3) is 5.91 Å². The molecule has 0 saturated heterocycles. The van der Waals surface area contributed by atoms with E-state index in [1.54, 1.807) is 6.92 Å². The van der Waals surface area contributed by atoms with Crippen molar-refractivity contribution in [1.82, 2.24) is 16.2 Å². The van der Waals surface area contributed by atoms with Crippen LogP contribution in [0.5, 0.6) is 0 Å². The molecule has 5 N–H and O–H groups in total. The number of nitrogens with two attached hydrogens (primary N) is 1. The van der Waals surface area contributed by atoms with E-state index in [2.05, 4.69) is 16.2 Å². The minimum atomic E-state index is -0.635. The lowest BCUT2D eigenvalue weighted by Crippen LogP contribution is -2.51. The molecule has 0 saturated carbocycles. The maximum Gasteiger partial charge on any atom is 0.333 e. The van der Waals surface area contributed by atoms with E-state index in [1.165, 1.54) is 0 Å². The van der Waals surface area contributed by atoms with E-state index in [0.29, 0.717) is 13.0 Å². The second-order valence-electron chi connectivity index (χ2n) is 5.33. The summed E-state index contributed by atoms with van der Waals surface area (Å²) < 4.78 is 0. The highest BCUT2D eigenvalue weighted by atomic mass is 16.2. The summed E-state index contributed by atoms with van der Waals surface area (Å²) in [5.74, 6) is -0.419. The second-order valence-corrected chi connectivity index (χ2v) is 5.33. The maximum absolute atomic E-state index is 11.8. The first-order valence-corrected chi connectivity index (χ1v) is 7.84. The molecule has 126 valence electrons. The summed E-state index contributed by atoms with van der Waals surface area (Å²) in [6.45, 7) is 2.14. The van der Waals surface area contributed by atoms with Gasteiger partial charge in [0.05, 0.1) is 6.04 Å². The van der Waals surface area contributed by atoms with Crippen molar-refractivity contribution in [3.8, 4) is 11.1 Å². The normalized spacial score (nSPS) is 11.4. The number of carbonyl (C=O) groups is 2. The molecule has 3 amide bonds. The fourth-order valence-electron chi connectivity index (χ4n) is 2.19. The average molecular weight is 326 g/mol. The zero-order chi connectivity index (χ0) is 17.4. The molecule has 1 atom stereocenters. The van der Waals surface area contributed by atoms with Gasteiger partial charge < -0.3 is 11.1 Å². The summed E-state index contributed by atoms with van der Waals surface area (Å²) in [7, 11) is 0. The Morgan fingerprint density at radius 2 is 1.67 bits per heavy atom. The van der Waals surface area contributed by atoms with Gasteiger partial charge in [-0.2, -0.15) is 0 Å². The van der Waals surface area contributed by atoms with Crippen molar-refractivity contribution >= 4 is 11.9 Å². The third-order valence-electron chi connectivity index (χ3n) is 3.62. The van der Waals surface area contributed by atoms with E-state index in [-0.39, 0.29) is 0 Å². The van der Waals surface area contributed by atoms with Gasteiger partial charge in [0.1, 0.15) is 0 Å². The molecular formula is C18H22N4O2. The fourth-order valence-corrected chi connectivity index (χ4v) is 2.19. The summed E-state index contributed by atoms with van der Waals surface area (Å²) in [6.07, 6.45) is 0.500. The third kappa shape index (κ3) is 4.82. The van der Waals surface area contributed by atoms with Crippen LogP contribution in [0.4, 0.5) is 4.79 Å². The molecule has 0 fully saturated rings. The molecule has 2 aromatic rings. The molecule has 0 radical (unpaired) electrons. The van der Waals surface area contributed by atoms with Crippen LogP contribution in [-0.4, -0.2) is 18.0 Å². The van der Waals surface area contributed by atoms with E-state index in [0.717, 1.165) is 16.7 Å². The molecular weight excluding hydrogens is 304 g/mol. The van der Waals surface area contributed by atoms with Crippen LogP contribution < -0.4 is 21.9 Å². The van der Waals surface area contributed by atoms with Crippen LogP contribution in [0.15, 0.2) is 54.6 Å². The smallest absolute Gasteiger partial charge is 0.333 e. The van der Waals surface area contributed by atoms with Crippen LogP contribution in [0.2, 0.25) is 0 Å². The fraction of sp³-hybridized carbons (Fsp3) is 0.222. The van der Waals surface area contributed by atoms with Crippen molar-refractivity contribution in [2.24, 2.45) is 5.73 Å². The van der Waals surface area contributed by atoms with Gasteiger partial charge in [-0.25, -0.2) is 10.2 Å². The van der Waals surface area contributed by atoms with Crippen molar-refractivity contribution in [3.05, 3.63) is 60.2 Å². The Morgan fingerprint density at radius 1 is 1.00 bits per heavy atom. The highest BCUT2D eigenvalue weighted by Gasteiger charge is 2.11. The number of carbonyl (C=O) groups excluding carboxylic acids is 2. The summed E-state index contributed by atoms with van der Waals surface area (Å²) in [5, 5.41) is 2.72. The molecule has 0 spiro atoms. The molecule has 2 aromatic carbocycles. The molecule has 2 rings (SSSR count). The first-order chi connectivity index (χ1) is 11.6. The lowest BCUT2D eigenvalue weighted by Gasteiger charge is -2.13. The Balaban J connectivity index is 1.93. The first-order valence-electron chi connectivity index (χ1n) is 7.84. The minimum absolute atomic E-state index is 0.340. The van der Waals surface area contributed by atoms with Crippen molar-refractivity contribution < 1.29 is 9.59 Å². The molecule has 1 unspecified atom stereocenters. The summed E-state index contributed by atoms with van der Waals surface area (Å²) in [6, 6.07) is 16.6. The van der Waals surface area contributed by atoms with Gasteiger partial charge in [-0.05, 0) is 23.1 Å². The van der Waals surface area contributed by atoms with E-state index in [9.17, 15) is 9.59 Å². The van der Waals surface area contributed by atoms with E-state index in [1.807, 2.05) is 54.6 Å². The van der Waals surface area contributed by atoms with Crippen molar-refractivity contribution in [2.75, 3.05) is 0 Å². The topological polar surface area (TPSA) is 96.2 Å². The van der Waals surface area contributed by atoms with Crippen LogP contribution in [0, 0.1) is 0 Å². The summed E-state index contributed by atoms with van der Waals surface area (Å²) in [5.41, 5.74) is 13.3. The van der Waals surface area contributed by atoms with Gasteiger partial charge >= 0.3 is 6.03 Å². The lowest BCUT2D eigenvalue weighted by atomic mass is 10.00. The van der Waals surface area contributed by atoms with Gasteiger partial charge in [0, 0.05) is 6.54 Å².